The van der Waals surface area contributed by atoms with Crippen molar-refractivity contribution in [1.82, 2.24) is 0 Å². The van der Waals surface area contributed by atoms with Gasteiger partial charge in [0.05, 0.1) is 12.2 Å². The number of ether oxygens (including phenoxy) is 1. The molecule has 6 rings (SSSR count). The van der Waals surface area contributed by atoms with Crippen molar-refractivity contribution in [2.24, 2.45) is 23.2 Å². The van der Waals surface area contributed by atoms with Gasteiger partial charge in [0.2, 0.25) is 0 Å². The summed E-state index contributed by atoms with van der Waals surface area (Å²) in [6.45, 7) is 0.933. The predicted molar refractivity (Wildman–Crippen MR) is 114 cm³/mol. The monoisotopic (exact) mass is 407 g/mol. The molecule has 5 heteroatoms. The molecule has 0 atom stereocenters. The van der Waals surface area contributed by atoms with Gasteiger partial charge >= 0.3 is 5.97 Å². The SMILES string of the molecule is O=C(OCC12CC3CC(CC(C3)C1)C2)c1ccc(NCc2cc(O)ccc2O)cc1. The Balaban J connectivity index is 1.16. The third-order valence-electron chi connectivity index (χ3n) is 7.34. The Hall–Kier alpha value is -2.69. The normalized spacial score (nSPS) is 29.0. The number of esters is 1. The summed E-state index contributed by atoms with van der Waals surface area (Å²) < 4.78 is 5.79. The highest BCUT2D eigenvalue weighted by Crippen LogP contribution is 2.60. The summed E-state index contributed by atoms with van der Waals surface area (Å²) in [4.78, 5) is 12.6. The fourth-order valence-corrected chi connectivity index (χ4v) is 6.40. The average Bonchev–Trinajstić information content (AvgIpc) is 2.72. The van der Waals surface area contributed by atoms with Gasteiger partial charge in [-0.15, -0.1) is 0 Å². The van der Waals surface area contributed by atoms with Crippen LogP contribution in [0.1, 0.15) is 54.4 Å². The minimum Gasteiger partial charge on any atom is -0.508 e. The van der Waals surface area contributed by atoms with Crippen LogP contribution >= 0.6 is 0 Å². The lowest BCUT2D eigenvalue weighted by Gasteiger charge is -2.56. The van der Waals surface area contributed by atoms with E-state index in [-0.39, 0.29) is 22.9 Å². The second-order valence-corrected chi connectivity index (χ2v) is 9.74. The van der Waals surface area contributed by atoms with Crippen molar-refractivity contribution in [3.8, 4) is 11.5 Å². The van der Waals surface area contributed by atoms with Crippen LogP contribution in [-0.4, -0.2) is 22.8 Å². The van der Waals surface area contributed by atoms with Crippen LogP contribution in [0.5, 0.6) is 11.5 Å². The van der Waals surface area contributed by atoms with E-state index in [0.29, 0.717) is 24.3 Å². The molecule has 0 heterocycles. The van der Waals surface area contributed by atoms with Crippen molar-refractivity contribution in [1.29, 1.82) is 0 Å². The molecule has 2 aromatic rings. The largest absolute Gasteiger partial charge is 0.508 e. The molecule has 0 aliphatic heterocycles. The lowest BCUT2D eigenvalue weighted by molar-refractivity contribution is -0.0848. The van der Waals surface area contributed by atoms with Crippen molar-refractivity contribution >= 4 is 11.7 Å². The van der Waals surface area contributed by atoms with Gasteiger partial charge in [-0.1, -0.05) is 0 Å². The maximum Gasteiger partial charge on any atom is 0.338 e. The van der Waals surface area contributed by atoms with E-state index in [4.69, 9.17) is 4.74 Å². The maximum atomic E-state index is 12.6. The van der Waals surface area contributed by atoms with Crippen LogP contribution in [0.15, 0.2) is 42.5 Å². The molecule has 0 amide bonds. The van der Waals surface area contributed by atoms with Crippen LogP contribution in [0.2, 0.25) is 0 Å². The van der Waals surface area contributed by atoms with E-state index >= 15 is 0 Å². The van der Waals surface area contributed by atoms with E-state index in [9.17, 15) is 15.0 Å². The van der Waals surface area contributed by atoms with Crippen molar-refractivity contribution in [3.63, 3.8) is 0 Å². The number of phenols is 2. The molecule has 0 radical (unpaired) electrons. The maximum absolute atomic E-state index is 12.6. The first-order chi connectivity index (χ1) is 14.5. The van der Waals surface area contributed by atoms with E-state index in [1.54, 1.807) is 12.1 Å². The number of hydrogen-bond donors (Lipinski definition) is 3. The van der Waals surface area contributed by atoms with E-state index in [0.717, 1.165) is 23.4 Å². The Morgan fingerprint density at radius 2 is 1.60 bits per heavy atom. The summed E-state index contributed by atoms with van der Waals surface area (Å²) >= 11 is 0. The molecule has 0 aromatic heterocycles. The molecule has 2 aromatic carbocycles. The molecule has 0 unspecified atom stereocenters. The Kier molecular flexibility index (Phi) is 4.84. The molecule has 5 nitrogen and oxygen atoms in total. The Morgan fingerprint density at radius 3 is 2.23 bits per heavy atom. The predicted octanol–water partition coefficient (Wildman–Crippen LogP) is 5.08. The molecule has 4 bridgehead atoms. The lowest BCUT2D eigenvalue weighted by atomic mass is 9.50. The van der Waals surface area contributed by atoms with E-state index < -0.39 is 0 Å². The van der Waals surface area contributed by atoms with Gasteiger partial charge in [0, 0.05) is 23.2 Å². The van der Waals surface area contributed by atoms with Crippen molar-refractivity contribution < 1.29 is 19.7 Å². The van der Waals surface area contributed by atoms with E-state index in [2.05, 4.69) is 5.32 Å². The minimum absolute atomic E-state index is 0.113. The Labute approximate surface area is 177 Å². The minimum atomic E-state index is -0.247. The molecule has 158 valence electrons. The van der Waals surface area contributed by atoms with Gasteiger partial charge in [-0.05, 0) is 98.7 Å². The second-order valence-electron chi connectivity index (χ2n) is 9.74. The molecule has 4 fully saturated rings. The number of carbonyl (C=O) groups is 1. The number of benzene rings is 2. The van der Waals surface area contributed by atoms with Gasteiger partial charge in [-0.25, -0.2) is 4.79 Å². The lowest BCUT2D eigenvalue weighted by Crippen LogP contribution is -2.48. The van der Waals surface area contributed by atoms with Crippen LogP contribution in [0, 0.1) is 23.2 Å². The molecule has 4 saturated carbocycles. The fourth-order valence-electron chi connectivity index (χ4n) is 6.40. The van der Waals surface area contributed by atoms with Gasteiger partial charge in [0.25, 0.3) is 0 Å². The molecule has 4 aliphatic carbocycles. The summed E-state index contributed by atoms with van der Waals surface area (Å²) in [5, 5.41) is 22.6. The first kappa shape index (κ1) is 19.3. The highest BCUT2D eigenvalue weighted by molar-refractivity contribution is 5.89. The topological polar surface area (TPSA) is 78.8 Å². The molecule has 0 spiro atoms. The van der Waals surface area contributed by atoms with E-state index in [1.807, 2.05) is 12.1 Å². The highest BCUT2D eigenvalue weighted by Gasteiger charge is 2.51. The number of phenolic OH excluding ortho intramolecular Hbond substituents is 2. The van der Waals surface area contributed by atoms with Gasteiger partial charge in [-0.2, -0.15) is 0 Å². The van der Waals surface area contributed by atoms with Crippen LogP contribution < -0.4 is 5.32 Å². The number of carbonyl (C=O) groups excluding carboxylic acids is 1. The summed E-state index contributed by atoms with van der Waals surface area (Å²) in [5.74, 6) is 2.55. The number of hydrogen-bond acceptors (Lipinski definition) is 5. The number of rotatable bonds is 6. The van der Waals surface area contributed by atoms with Crippen LogP contribution in [0.25, 0.3) is 0 Å². The highest BCUT2D eigenvalue weighted by atomic mass is 16.5. The smallest absolute Gasteiger partial charge is 0.338 e. The molecule has 0 saturated heterocycles. The first-order valence-electron chi connectivity index (χ1n) is 11.0. The van der Waals surface area contributed by atoms with Gasteiger partial charge < -0.3 is 20.3 Å². The summed E-state index contributed by atoms with van der Waals surface area (Å²) in [5.41, 5.74) is 2.23. The zero-order valence-corrected chi connectivity index (χ0v) is 17.1. The standard InChI is InChI=1S/C25H29NO4/c27-22-5-6-23(28)20(10-22)14-26-21-3-1-19(2-4-21)24(29)30-15-25-11-16-7-17(12-25)9-18(8-16)13-25/h1-6,10,16-18,26-28H,7-9,11-15H2. The van der Waals surface area contributed by atoms with Gasteiger partial charge in [0.1, 0.15) is 11.5 Å². The molecular weight excluding hydrogens is 378 g/mol. The van der Waals surface area contributed by atoms with Crippen LogP contribution in [0.4, 0.5) is 5.69 Å². The Morgan fingerprint density at radius 1 is 0.967 bits per heavy atom. The summed E-state index contributed by atoms with van der Waals surface area (Å²) in [6, 6.07) is 11.7. The second kappa shape index (κ2) is 7.53. The van der Waals surface area contributed by atoms with Gasteiger partial charge in [0.15, 0.2) is 0 Å². The summed E-state index contributed by atoms with van der Waals surface area (Å²) in [7, 11) is 0. The third kappa shape index (κ3) is 3.85. The molecule has 3 N–H and O–H groups in total. The van der Waals surface area contributed by atoms with Gasteiger partial charge in [-0.3, -0.25) is 0 Å². The van der Waals surface area contributed by atoms with Crippen molar-refractivity contribution in [2.45, 2.75) is 45.1 Å². The Bertz CT molecular complexity index is 901. The third-order valence-corrected chi connectivity index (χ3v) is 7.34. The molecule has 30 heavy (non-hydrogen) atoms. The summed E-state index contributed by atoms with van der Waals surface area (Å²) in [6.07, 6.45) is 7.87. The molecular formula is C25H29NO4. The van der Waals surface area contributed by atoms with Crippen LogP contribution in [-0.2, 0) is 11.3 Å². The van der Waals surface area contributed by atoms with E-state index in [1.165, 1.54) is 56.7 Å². The number of nitrogens with one attached hydrogen (secondary N) is 1. The van der Waals surface area contributed by atoms with Crippen molar-refractivity contribution in [2.75, 3.05) is 11.9 Å². The molecule has 4 aliphatic rings. The van der Waals surface area contributed by atoms with Crippen LogP contribution in [0.3, 0.4) is 0 Å². The average molecular weight is 408 g/mol. The van der Waals surface area contributed by atoms with Crippen molar-refractivity contribution in [3.05, 3.63) is 53.6 Å². The quantitative estimate of drug-likeness (QED) is 0.460. The number of anilines is 1. The zero-order valence-electron chi connectivity index (χ0n) is 17.1. The first-order valence-corrected chi connectivity index (χ1v) is 11.0. The fraction of sp³-hybridized carbons (Fsp3) is 0.480. The zero-order chi connectivity index (χ0) is 20.7. The number of aromatic hydroxyl groups is 2.